The second kappa shape index (κ2) is 9.08. The van der Waals surface area contributed by atoms with Crippen LogP contribution in [0.4, 0.5) is 0 Å². The average molecular weight is 441 g/mol. The van der Waals surface area contributed by atoms with Gasteiger partial charge < -0.3 is 20.3 Å². The number of carbonyl (C=O) groups is 2. The van der Waals surface area contributed by atoms with Gasteiger partial charge in [0.1, 0.15) is 11.7 Å². The highest BCUT2D eigenvalue weighted by molar-refractivity contribution is 6.31. The Hall–Kier alpha value is -2.90. The van der Waals surface area contributed by atoms with Crippen LogP contribution in [-0.4, -0.2) is 57.0 Å². The second-order valence-corrected chi connectivity index (χ2v) is 8.35. The highest BCUT2D eigenvalue weighted by Gasteiger charge is 2.30. The molecule has 1 aliphatic heterocycles. The first kappa shape index (κ1) is 21.3. The highest BCUT2D eigenvalue weighted by atomic mass is 35.5. The molecule has 0 bridgehead atoms. The van der Waals surface area contributed by atoms with Crippen molar-refractivity contribution in [1.29, 1.82) is 0 Å². The fourth-order valence-electron chi connectivity index (χ4n) is 3.86. The van der Waals surface area contributed by atoms with E-state index >= 15 is 0 Å². The van der Waals surface area contributed by atoms with Crippen LogP contribution in [0.25, 0.3) is 11.0 Å². The standard InChI is InChI=1S/C23H25ClN4O3/c1-14-6-7-18-19(25-14)13-20(26-18)22(30)27-21(12-15-4-2-3-5-17(15)24)23(31)28-10-8-16(29)9-11-28/h2-7,13,16,21,26,29H,8-12H2,1H3,(H,27,30)/t21-/m0/s1. The first-order valence-electron chi connectivity index (χ1n) is 10.4. The second-order valence-electron chi connectivity index (χ2n) is 7.95. The molecule has 1 saturated heterocycles. The number of H-pyrrole nitrogens is 1. The van der Waals surface area contributed by atoms with E-state index in [0.29, 0.717) is 42.2 Å². The zero-order valence-electron chi connectivity index (χ0n) is 17.3. The molecule has 0 aliphatic carbocycles. The summed E-state index contributed by atoms with van der Waals surface area (Å²) in [4.78, 5) is 35.5. The fraction of sp³-hybridized carbons (Fsp3) is 0.348. The monoisotopic (exact) mass is 440 g/mol. The summed E-state index contributed by atoms with van der Waals surface area (Å²) in [6.45, 7) is 2.81. The van der Waals surface area contributed by atoms with Crippen LogP contribution in [-0.2, 0) is 11.2 Å². The molecule has 31 heavy (non-hydrogen) atoms. The minimum Gasteiger partial charge on any atom is -0.393 e. The van der Waals surface area contributed by atoms with E-state index in [2.05, 4.69) is 15.3 Å². The number of aliphatic hydroxyl groups excluding tert-OH is 1. The molecule has 1 atom stereocenters. The van der Waals surface area contributed by atoms with Crippen molar-refractivity contribution in [1.82, 2.24) is 20.2 Å². The van der Waals surface area contributed by atoms with Crippen LogP contribution in [0, 0.1) is 6.92 Å². The Bertz CT molecular complexity index is 1110. The minimum atomic E-state index is -0.774. The fourth-order valence-corrected chi connectivity index (χ4v) is 4.07. The van der Waals surface area contributed by atoms with Gasteiger partial charge in [0.15, 0.2) is 0 Å². The van der Waals surface area contributed by atoms with Crippen molar-refractivity contribution in [2.24, 2.45) is 0 Å². The molecule has 3 heterocycles. The molecule has 8 heteroatoms. The summed E-state index contributed by atoms with van der Waals surface area (Å²) in [5.41, 5.74) is 3.45. The van der Waals surface area contributed by atoms with E-state index < -0.39 is 6.04 Å². The summed E-state index contributed by atoms with van der Waals surface area (Å²) in [7, 11) is 0. The summed E-state index contributed by atoms with van der Waals surface area (Å²) >= 11 is 6.31. The van der Waals surface area contributed by atoms with E-state index in [9.17, 15) is 14.7 Å². The summed E-state index contributed by atoms with van der Waals surface area (Å²) < 4.78 is 0. The van der Waals surface area contributed by atoms with Crippen molar-refractivity contribution < 1.29 is 14.7 Å². The largest absolute Gasteiger partial charge is 0.393 e. The number of amides is 2. The van der Waals surface area contributed by atoms with Gasteiger partial charge in [-0.2, -0.15) is 0 Å². The molecule has 3 aromatic rings. The molecule has 4 rings (SSSR count). The number of hydrogen-bond donors (Lipinski definition) is 3. The van der Waals surface area contributed by atoms with Crippen molar-refractivity contribution >= 4 is 34.4 Å². The van der Waals surface area contributed by atoms with Gasteiger partial charge in [-0.25, -0.2) is 0 Å². The van der Waals surface area contributed by atoms with Crippen LogP contribution in [0.1, 0.15) is 34.6 Å². The number of aliphatic hydroxyl groups is 1. The molecule has 162 valence electrons. The molecule has 0 spiro atoms. The van der Waals surface area contributed by atoms with Crippen LogP contribution in [0.3, 0.4) is 0 Å². The maximum absolute atomic E-state index is 13.3. The average Bonchev–Trinajstić information content (AvgIpc) is 3.18. The molecule has 1 aliphatic rings. The zero-order valence-corrected chi connectivity index (χ0v) is 18.0. The number of aromatic amines is 1. The molecular formula is C23H25ClN4O3. The number of halogens is 1. The third kappa shape index (κ3) is 4.89. The Morgan fingerprint density at radius 1 is 1.26 bits per heavy atom. The number of hydrogen-bond acceptors (Lipinski definition) is 4. The maximum Gasteiger partial charge on any atom is 0.268 e. The van der Waals surface area contributed by atoms with Crippen LogP contribution in [0.2, 0.25) is 5.02 Å². The summed E-state index contributed by atoms with van der Waals surface area (Å²) in [5.74, 6) is -0.552. The Morgan fingerprint density at radius 3 is 2.74 bits per heavy atom. The Labute approximate surface area is 185 Å². The molecule has 0 saturated carbocycles. The number of nitrogens with one attached hydrogen (secondary N) is 2. The lowest BCUT2D eigenvalue weighted by Crippen LogP contribution is -2.52. The molecule has 1 aromatic carbocycles. The molecule has 0 unspecified atom stereocenters. The van der Waals surface area contributed by atoms with E-state index in [1.54, 1.807) is 17.0 Å². The lowest BCUT2D eigenvalue weighted by Gasteiger charge is -2.32. The molecule has 2 amide bonds. The van der Waals surface area contributed by atoms with Crippen molar-refractivity contribution in [3.8, 4) is 0 Å². The quantitative estimate of drug-likeness (QED) is 0.568. The van der Waals surface area contributed by atoms with Crippen molar-refractivity contribution in [2.75, 3.05) is 13.1 Å². The van der Waals surface area contributed by atoms with Gasteiger partial charge in [-0.15, -0.1) is 0 Å². The van der Waals surface area contributed by atoms with Gasteiger partial charge in [0.25, 0.3) is 5.91 Å². The lowest BCUT2D eigenvalue weighted by atomic mass is 10.0. The number of fused-ring (bicyclic) bond motifs is 1. The third-order valence-corrected chi connectivity index (χ3v) is 5.99. The van der Waals surface area contributed by atoms with Crippen molar-refractivity contribution in [3.05, 3.63) is 64.4 Å². The predicted molar refractivity (Wildman–Crippen MR) is 119 cm³/mol. The van der Waals surface area contributed by atoms with Crippen molar-refractivity contribution in [2.45, 2.75) is 38.3 Å². The third-order valence-electron chi connectivity index (χ3n) is 5.62. The number of benzene rings is 1. The number of aromatic nitrogens is 2. The number of rotatable bonds is 5. The van der Waals surface area contributed by atoms with Gasteiger partial charge in [-0.3, -0.25) is 14.6 Å². The maximum atomic E-state index is 13.3. The van der Waals surface area contributed by atoms with Crippen LogP contribution in [0.15, 0.2) is 42.5 Å². The van der Waals surface area contributed by atoms with E-state index in [1.165, 1.54) is 0 Å². The summed E-state index contributed by atoms with van der Waals surface area (Å²) in [6.07, 6.45) is 0.959. The van der Waals surface area contributed by atoms with Gasteiger partial charge in [-0.1, -0.05) is 29.8 Å². The van der Waals surface area contributed by atoms with E-state index in [4.69, 9.17) is 11.6 Å². The summed E-state index contributed by atoms with van der Waals surface area (Å²) in [6, 6.07) is 12.0. The SMILES string of the molecule is Cc1ccc2[nH]c(C(=O)N[C@@H](Cc3ccccc3Cl)C(=O)N3CCC(O)CC3)cc2n1. The zero-order chi connectivity index (χ0) is 22.0. The van der Waals surface area contributed by atoms with Gasteiger partial charge in [-0.05, 0) is 49.6 Å². The number of likely N-dealkylation sites (tertiary alicyclic amines) is 1. The van der Waals surface area contributed by atoms with E-state index in [-0.39, 0.29) is 24.3 Å². The number of pyridine rings is 1. The molecular weight excluding hydrogens is 416 g/mol. The molecule has 7 nitrogen and oxygen atoms in total. The Kier molecular flexibility index (Phi) is 6.25. The number of piperidine rings is 1. The van der Waals surface area contributed by atoms with Gasteiger partial charge in [0, 0.05) is 30.2 Å². The molecule has 0 radical (unpaired) electrons. The van der Waals surface area contributed by atoms with E-state index in [1.807, 2.05) is 37.3 Å². The van der Waals surface area contributed by atoms with Crippen LogP contribution in [0.5, 0.6) is 0 Å². The molecule has 3 N–H and O–H groups in total. The number of nitrogens with zero attached hydrogens (tertiary/aromatic N) is 2. The molecule has 1 fully saturated rings. The first-order valence-corrected chi connectivity index (χ1v) is 10.8. The summed E-state index contributed by atoms with van der Waals surface area (Å²) in [5, 5.41) is 13.2. The number of aryl methyl sites for hydroxylation is 1. The smallest absolute Gasteiger partial charge is 0.268 e. The predicted octanol–water partition coefficient (Wildman–Crippen LogP) is 2.85. The normalized spacial score (nSPS) is 15.8. The first-order chi connectivity index (χ1) is 14.9. The topological polar surface area (TPSA) is 98.3 Å². The Balaban J connectivity index is 1.57. The minimum absolute atomic E-state index is 0.176. The van der Waals surface area contributed by atoms with Crippen LogP contribution < -0.4 is 5.32 Å². The van der Waals surface area contributed by atoms with Gasteiger partial charge >= 0.3 is 0 Å². The molecule has 2 aromatic heterocycles. The lowest BCUT2D eigenvalue weighted by molar-refractivity contribution is -0.135. The van der Waals surface area contributed by atoms with Gasteiger partial charge in [0.2, 0.25) is 5.91 Å². The van der Waals surface area contributed by atoms with E-state index in [0.717, 1.165) is 16.8 Å². The number of carbonyl (C=O) groups excluding carboxylic acids is 2. The highest BCUT2D eigenvalue weighted by Crippen LogP contribution is 2.20. The Morgan fingerprint density at radius 2 is 2.00 bits per heavy atom. The van der Waals surface area contributed by atoms with Crippen molar-refractivity contribution in [3.63, 3.8) is 0 Å². The van der Waals surface area contributed by atoms with Gasteiger partial charge in [0.05, 0.1) is 17.1 Å². The van der Waals surface area contributed by atoms with Crippen LogP contribution >= 0.6 is 11.6 Å².